The Hall–Kier alpha value is -1.09. The summed E-state index contributed by atoms with van der Waals surface area (Å²) < 4.78 is 6.34. The summed E-state index contributed by atoms with van der Waals surface area (Å²) in [7, 11) is -1.01. The van der Waals surface area contributed by atoms with E-state index in [1.54, 1.807) is 0 Å². The van der Waals surface area contributed by atoms with Gasteiger partial charge in [-0.1, -0.05) is 62.5 Å². The Morgan fingerprint density at radius 3 is 2.43 bits per heavy atom. The van der Waals surface area contributed by atoms with Gasteiger partial charge >= 0.3 is 0 Å². The molecule has 0 heterocycles. The van der Waals surface area contributed by atoms with Gasteiger partial charge in [0.1, 0.15) is 11.5 Å². The first-order valence-corrected chi connectivity index (χ1v) is 11.0. The molecule has 0 fully saturated rings. The zero-order chi connectivity index (χ0) is 15.9. The first-order chi connectivity index (χ1) is 10.6. The molecule has 3 heteroatoms. The first kappa shape index (κ1) is 20.0. The van der Waals surface area contributed by atoms with Crippen molar-refractivity contribution in [2.75, 3.05) is 0 Å². The summed E-state index contributed by atoms with van der Waals surface area (Å²) >= 11 is 0. The number of hydrogen-bond acceptors (Lipinski definition) is 1. The Kier molecular flexibility index (Phi) is 8.61. The van der Waals surface area contributed by atoms with Gasteiger partial charge in [0.15, 0.2) is 0 Å². The predicted molar refractivity (Wildman–Crippen MR) is 98.9 cm³/mol. The van der Waals surface area contributed by atoms with Gasteiger partial charge in [0.25, 0.3) is 0 Å². The molecule has 120 valence electrons. The molecule has 1 aromatic carbocycles. The van der Waals surface area contributed by atoms with Crippen molar-refractivity contribution in [2.24, 2.45) is 0 Å². The standard InChI is InChI=1S/C20H26OSi.Ti/c1-5-11-16(2)19(21-18-14-7-6-8-15-18)20(22(3)4)17-12-9-10-13-17;/h6-12,14-15,22H,5,13H2,1-4H3;. The molecule has 1 aliphatic carbocycles. The molecule has 2 rings (SSSR count). The molecule has 1 aromatic rings. The van der Waals surface area contributed by atoms with Crippen LogP contribution in [0.3, 0.4) is 0 Å². The van der Waals surface area contributed by atoms with Crippen molar-refractivity contribution in [1.82, 2.24) is 0 Å². The van der Waals surface area contributed by atoms with Gasteiger partial charge in [0, 0.05) is 21.7 Å². The van der Waals surface area contributed by atoms with E-state index in [0.717, 1.165) is 24.4 Å². The third kappa shape index (κ3) is 5.49. The third-order valence-electron chi connectivity index (χ3n) is 3.77. The molecule has 0 saturated carbocycles. The molecule has 23 heavy (non-hydrogen) atoms. The van der Waals surface area contributed by atoms with Crippen molar-refractivity contribution in [3.05, 3.63) is 76.7 Å². The van der Waals surface area contributed by atoms with Gasteiger partial charge in [0.2, 0.25) is 0 Å². The maximum atomic E-state index is 6.34. The Balaban J connectivity index is 0.00000264. The van der Waals surface area contributed by atoms with Gasteiger partial charge in [-0.3, -0.25) is 0 Å². The zero-order valence-corrected chi connectivity index (χ0v) is 17.3. The van der Waals surface area contributed by atoms with E-state index < -0.39 is 8.80 Å². The monoisotopic (exact) mass is 358 g/mol. The summed E-state index contributed by atoms with van der Waals surface area (Å²) in [6.45, 7) is 9.10. The third-order valence-corrected chi connectivity index (χ3v) is 5.56. The van der Waals surface area contributed by atoms with E-state index in [4.69, 9.17) is 4.74 Å². The largest absolute Gasteiger partial charge is 0.457 e. The van der Waals surface area contributed by atoms with Crippen LogP contribution in [0, 0.1) is 0 Å². The minimum Gasteiger partial charge on any atom is -0.457 e. The van der Waals surface area contributed by atoms with Crippen LogP contribution in [0.5, 0.6) is 5.75 Å². The van der Waals surface area contributed by atoms with Crippen LogP contribution in [0.2, 0.25) is 13.1 Å². The fraction of sp³-hybridized carbons (Fsp3) is 0.300. The molecule has 1 nitrogen and oxygen atoms in total. The van der Waals surface area contributed by atoms with Crippen molar-refractivity contribution in [3.8, 4) is 5.75 Å². The summed E-state index contributed by atoms with van der Waals surface area (Å²) in [6.07, 6.45) is 10.9. The second-order valence-corrected chi connectivity index (χ2v) is 8.82. The fourth-order valence-electron chi connectivity index (χ4n) is 2.78. The van der Waals surface area contributed by atoms with E-state index >= 15 is 0 Å². The van der Waals surface area contributed by atoms with Gasteiger partial charge in [-0.25, -0.2) is 0 Å². The second-order valence-electron chi connectivity index (χ2n) is 5.93. The maximum Gasteiger partial charge on any atom is 0.129 e. The van der Waals surface area contributed by atoms with E-state index in [9.17, 15) is 0 Å². The van der Waals surface area contributed by atoms with Crippen molar-refractivity contribution >= 4 is 8.80 Å². The van der Waals surface area contributed by atoms with Crippen LogP contribution in [0.15, 0.2) is 76.7 Å². The van der Waals surface area contributed by atoms with Crippen molar-refractivity contribution in [3.63, 3.8) is 0 Å². The van der Waals surface area contributed by atoms with Crippen LogP contribution in [-0.4, -0.2) is 8.80 Å². The van der Waals surface area contributed by atoms with Gasteiger partial charge in [-0.15, -0.1) is 0 Å². The van der Waals surface area contributed by atoms with Crippen molar-refractivity contribution < 1.29 is 26.5 Å². The van der Waals surface area contributed by atoms with E-state index in [0.29, 0.717) is 0 Å². The minimum absolute atomic E-state index is 0. The van der Waals surface area contributed by atoms with Crippen LogP contribution < -0.4 is 4.74 Å². The van der Waals surface area contributed by atoms with Gasteiger partial charge in [0.05, 0.1) is 8.80 Å². The van der Waals surface area contributed by atoms with Crippen LogP contribution in [-0.2, 0) is 21.7 Å². The molecule has 0 unspecified atom stereocenters. The van der Waals surface area contributed by atoms with Crippen LogP contribution in [0.25, 0.3) is 0 Å². The normalized spacial score (nSPS) is 15.2. The molecule has 0 spiro atoms. The van der Waals surface area contributed by atoms with Gasteiger partial charge in [-0.05, 0) is 48.2 Å². The van der Waals surface area contributed by atoms with Crippen LogP contribution >= 0.6 is 0 Å². The summed E-state index contributed by atoms with van der Waals surface area (Å²) in [5.74, 6) is 1.99. The van der Waals surface area contributed by atoms with Crippen LogP contribution in [0.4, 0.5) is 0 Å². The first-order valence-electron chi connectivity index (χ1n) is 8.13. The Labute approximate surface area is 157 Å². The molecule has 0 aromatic heterocycles. The van der Waals surface area contributed by atoms with Crippen LogP contribution in [0.1, 0.15) is 26.7 Å². The molecule has 1 aliphatic rings. The maximum absolute atomic E-state index is 6.34. The number of allylic oxidation sites excluding steroid dienone is 7. The molecule has 0 saturated heterocycles. The molecule has 0 N–H and O–H groups in total. The van der Waals surface area contributed by atoms with Gasteiger partial charge < -0.3 is 4.74 Å². The smallest absolute Gasteiger partial charge is 0.129 e. The Morgan fingerprint density at radius 2 is 1.91 bits per heavy atom. The summed E-state index contributed by atoms with van der Waals surface area (Å²) in [5.41, 5.74) is 2.67. The SMILES string of the molecule is CCC=C(C)C(Oc1ccccc1)=C(C1=CC=CC1)[SiH](C)C.[Ti]. The Morgan fingerprint density at radius 1 is 1.22 bits per heavy atom. The van der Waals surface area contributed by atoms with E-state index in [1.165, 1.54) is 16.3 Å². The molecule has 0 atom stereocenters. The van der Waals surface area contributed by atoms with E-state index in [2.05, 4.69) is 51.2 Å². The zero-order valence-electron chi connectivity index (χ0n) is 14.6. The number of hydrogen-bond donors (Lipinski definition) is 0. The molecule has 0 radical (unpaired) electrons. The molecular formula is C20H26OSiTi. The van der Waals surface area contributed by atoms with E-state index in [-0.39, 0.29) is 21.7 Å². The number of rotatable bonds is 6. The van der Waals surface area contributed by atoms with Gasteiger partial charge in [-0.2, -0.15) is 0 Å². The summed E-state index contributed by atoms with van der Waals surface area (Å²) in [4.78, 5) is 0. The summed E-state index contributed by atoms with van der Waals surface area (Å²) in [6, 6.07) is 10.1. The average Bonchev–Trinajstić information content (AvgIpc) is 3.01. The topological polar surface area (TPSA) is 9.23 Å². The average molecular weight is 358 g/mol. The Bertz CT molecular complexity index is 624. The molecular weight excluding hydrogens is 332 g/mol. The predicted octanol–water partition coefficient (Wildman–Crippen LogP) is 5.59. The van der Waals surface area contributed by atoms with Crippen molar-refractivity contribution in [1.29, 1.82) is 0 Å². The molecule has 0 bridgehead atoms. The minimum atomic E-state index is -1.01. The quantitative estimate of drug-likeness (QED) is 0.366. The number of benzene rings is 1. The number of ether oxygens (including phenoxy) is 1. The molecule has 0 amide bonds. The summed E-state index contributed by atoms with van der Waals surface area (Å²) in [5, 5.41) is 1.45. The van der Waals surface area contributed by atoms with Crippen molar-refractivity contribution in [2.45, 2.75) is 39.8 Å². The second kappa shape index (κ2) is 9.92. The van der Waals surface area contributed by atoms with E-state index in [1.807, 2.05) is 30.3 Å². The fourth-order valence-corrected chi connectivity index (χ4v) is 4.55. The number of para-hydroxylation sites is 1. The molecule has 0 aliphatic heterocycles.